The average molecular weight is 218 g/mol. The molecule has 1 aromatic carbocycles. The third-order valence-electron chi connectivity index (χ3n) is 2.67. The number of aromatic nitrogens is 2. The van der Waals surface area contributed by atoms with Crippen LogP contribution in [0.2, 0.25) is 0 Å². The van der Waals surface area contributed by atoms with Gasteiger partial charge in [-0.2, -0.15) is 5.10 Å². The maximum atomic E-state index is 13.2. The highest BCUT2D eigenvalue weighted by molar-refractivity contribution is 5.87. The second-order valence-electron chi connectivity index (χ2n) is 3.62. The van der Waals surface area contributed by atoms with Crippen molar-refractivity contribution in [3.05, 3.63) is 41.5 Å². The number of aryl methyl sites for hydroxylation is 1. The number of nitrogens with zero attached hydrogens (tertiary/aromatic N) is 2. The van der Waals surface area contributed by atoms with E-state index in [4.69, 9.17) is 0 Å². The number of carbonyl (C=O) groups is 1. The molecule has 0 aliphatic carbocycles. The number of hydrogen-bond acceptors (Lipinski definition) is 2. The van der Waals surface area contributed by atoms with Crippen molar-refractivity contribution in [2.45, 2.75) is 6.92 Å². The monoisotopic (exact) mass is 218 g/mol. The summed E-state index contributed by atoms with van der Waals surface area (Å²) in [6, 6.07) is 4.11. The van der Waals surface area contributed by atoms with Crippen LogP contribution in [0.5, 0.6) is 0 Å². The number of rotatable bonds is 2. The Balaban J connectivity index is 2.67. The summed E-state index contributed by atoms with van der Waals surface area (Å²) in [5.41, 5.74) is 2.73. The second-order valence-corrected chi connectivity index (χ2v) is 3.62. The van der Waals surface area contributed by atoms with Crippen molar-refractivity contribution < 1.29 is 9.18 Å². The second kappa shape index (κ2) is 3.89. The minimum Gasteiger partial charge on any atom is -0.298 e. The maximum Gasteiger partial charge on any atom is 0.150 e. The molecule has 1 heterocycles. The zero-order valence-electron chi connectivity index (χ0n) is 9.07. The van der Waals surface area contributed by atoms with Crippen molar-refractivity contribution in [3.63, 3.8) is 0 Å². The van der Waals surface area contributed by atoms with Gasteiger partial charge in [-0.05, 0) is 30.7 Å². The van der Waals surface area contributed by atoms with E-state index >= 15 is 0 Å². The summed E-state index contributed by atoms with van der Waals surface area (Å²) in [6.07, 6.45) is 2.36. The first kappa shape index (κ1) is 10.5. The summed E-state index contributed by atoms with van der Waals surface area (Å²) >= 11 is 0. The van der Waals surface area contributed by atoms with Crippen LogP contribution in [-0.2, 0) is 7.05 Å². The van der Waals surface area contributed by atoms with Gasteiger partial charge in [0.05, 0.1) is 6.20 Å². The van der Waals surface area contributed by atoms with Crippen molar-refractivity contribution in [1.29, 1.82) is 0 Å². The zero-order chi connectivity index (χ0) is 11.7. The van der Waals surface area contributed by atoms with Gasteiger partial charge in [0.1, 0.15) is 5.82 Å². The van der Waals surface area contributed by atoms with Gasteiger partial charge >= 0.3 is 0 Å². The number of aldehydes is 1. The molecule has 0 N–H and O–H groups in total. The molecule has 16 heavy (non-hydrogen) atoms. The molecule has 0 atom stereocenters. The van der Waals surface area contributed by atoms with Gasteiger partial charge in [-0.1, -0.05) is 0 Å². The molecule has 82 valence electrons. The van der Waals surface area contributed by atoms with E-state index < -0.39 is 0 Å². The zero-order valence-corrected chi connectivity index (χ0v) is 9.07. The highest BCUT2D eigenvalue weighted by Gasteiger charge is 2.11. The Bertz CT molecular complexity index is 546. The summed E-state index contributed by atoms with van der Waals surface area (Å²) in [5.74, 6) is -0.358. The van der Waals surface area contributed by atoms with Crippen LogP contribution in [0, 0.1) is 12.7 Å². The van der Waals surface area contributed by atoms with Crippen molar-refractivity contribution in [2.75, 3.05) is 0 Å². The Morgan fingerprint density at radius 2 is 2.12 bits per heavy atom. The number of benzene rings is 1. The quantitative estimate of drug-likeness (QED) is 0.725. The summed E-state index contributed by atoms with van der Waals surface area (Å²) in [4.78, 5) is 10.9. The lowest BCUT2D eigenvalue weighted by atomic mass is 10.0. The molecule has 0 unspecified atom stereocenters. The fraction of sp³-hybridized carbons (Fsp3) is 0.167. The molecule has 0 radical (unpaired) electrons. The lowest BCUT2D eigenvalue weighted by molar-refractivity contribution is 0.112. The molecule has 0 aliphatic heterocycles. The molecule has 0 amide bonds. The summed E-state index contributed by atoms with van der Waals surface area (Å²) < 4.78 is 14.9. The van der Waals surface area contributed by atoms with Gasteiger partial charge in [0.2, 0.25) is 0 Å². The van der Waals surface area contributed by atoms with Crippen LogP contribution in [-0.4, -0.2) is 16.1 Å². The van der Waals surface area contributed by atoms with E-state index in [9.17, 15) is 9.18 Å². The minimum absolute atomic E-state index is 0.358. The third kappa shape index (κ3) is 1.62. The molecule has 0 bridgehead atoms. The normalized spacial score (nSPS) is 10.4. The van der Waals surface area contributed by atoms with Gasteiger partial charge in [0.25, 0.3) is 0 Å². The summed E-state index contributed by atoms with van der Waals surface area (Å²) in [6.45, 7) is 1.88. The standard InChI is InChI=1S/C12H11FN2O/c1-8-12(6-14-15(8)2)11-5-10(13)4-3-9(11)7-16/h3-7H,1-2H3. The molecule has 0 fully saturated rings. The fourth-order valence-electron chi connectivity index (χ4n) is 1.63. The Hall–Kier alpha value is -1.97. The topological polar surface area (TPSA) is 34.9 Å². The van der Waals surface area contributed by atoms with Gasteiger partial charge in [-0.3, -0.25) is 9.48 Å². The molecule has 1 aromatic heterocycles. The van der Waals surface area contributed by atoms with Gasteiger partial charge < -0.3 is 0 Å². The van der Waals surface area contributed by atoms with E-state index in [-0.39, 0.29) is 5.82 Å². The summed E-state index contributed by atoms with van der Waals surface area (Å²) in [7, 11) is 1.80. The molecule has 3 nitrogen and oxygen atoms in total. The highest BCUT2D eigenvalue weighted by atomic mass is 19.1. The number of hydrogen-bond donors (Lipinski definition) is 0. The van der Waals surface area contributed by atoms with E-state index in [1.54, 1.807) is 17.9 Å². The van der Waals surface area contributed by atoms with Crippen molar-refractivity contribution in [3.8, 4) is 11.1 Å². The first-order chi connectivity index (χ1) is 7.63. The van der Waals surface area contributed by atoms with Gasteiger partial charge in [0, 0.05) is 23.9 Å². The third-order valence-corrected chi connectivity index (χ3v) is 2.67. The first-order valence-corrected chi connectivity index (χ1v) is 4.87. The molecule has 0 spiro atoms. The smallest absolute Gasteiger partial charge is 0.150 e. The Morgan fingerprint density at radius 3 is 2.69 bits per heavy atom. The maximum absolute atomic E-state index is 13.2. The van der Waals surface area contributed by atoms with Crippen LogP contribution in [0.3, 0.4) is 0 Å². The molecule has 4 heteroatoms. The van der Waals surface area contributed by atoms with Crippen molar-refractivity contribution >= 4 is 6.29 Å². The van der Waals surface area contributed by atoms with Gasteiger partial charge in [-0.15, -0.1) is 0 Å². The molecule has 0 saturated heterocycles. The Kier molecular flexibility index (Phi) is 2.56. The molecular formula is C12H11FN2O. The number of halogens is 1. The number of carbonyl (C=O) groups excluding carboxylic acids is 1. The molecular weight excluding hydrogens is 207 g/mol. The van der Waals surface area contributed by atoms with Crippen molar-refractivity contribution in [1.82, 2.24) is 9.78 Å². The van der Waals surface area contributed by atoms with E-state index in [0.717, 1.165) is 17.5 Å². The molecule has 0 saturated carbocycles. The van der Waals surface area contributed by atoms with Crippen LogP contribution >= 0.6 is 0 Å². The van der Waals surface area contributed by atoms with E-state index in [2.05, 4.69) is 5.10 Å². The van der Waals surface area contributed by atoms with Crippen LogP contribution in [0.25, 0.3) is 11.1 Å². The fourth-order valence-corrected chi connectivity index (χ4v) is 1.63. The van der Waals surface area contributed by atoms with E-state index in [1.807, 2.05) is 6.92 Å². The molecule has 2 rings (SSSR count). The van der Waals surface area contributed by atoms with Crippen molar-refractivity contribution in [2.24, 2.45) is 7.05 Å². The Morgan fingerprint density at radius 1 is 1.38 bits per heavy atom. The predicted octanol–water partition coefficient (Wildman–Crippen LogP) is 2.35. The SMILES string of the molecule is Cc1c(-c2cc(F)ccc2C=O)cnn1C. The van der Waals surface area contributed by atoms with Gasteiger partial charge in [0.15, 0.2) is 6.29 Å². The lowest BCUT2D eigenvalue weighted by Crippen LogP contribution is -1.94. The molecule has 0 aliphatic rings. The van der Waals surface area contributed by atoms with E-state index in [0.29, 0.717) is 11.1 Å². The summed E-state index contributed by atoms with van der Waals surface area (Å²) in [5, 5.41) is 4.08. The van der Waals surface area contributed by atoms with Crippen LogP contribution in [0.1, 0.15) is 16.1 Å². The average Bonchev–Trinajstić information content (AvgIpc) is 2.60. The molecule has 2 aromatic rings. The Labute approximate surface area is 92.5 Å². The van der Waals surface area contributed by atoms with E-state index in [1.165, 1.54) is 18.2 Å². The lowest BCUT2D eigenvalue weighted by Gasteiger charge is -2.04. The minimum atomic E-state index is -0.358. The first-order valence-electron chi connectivity index (χ1n) is 4.87. The van der Waals surface area contributed by atoms with Crippen LogP contribution < -0.4 is 0 Å². The predicted molar refractivity (Wildman–Crippen MR) is 58.7 cm³/mol. The van der Waals surface area contributed by atoms with Gasteiger partial charge in [-0.25, -0.2) is 4.39 Å². The largest absolute Gasteiger partial charge is 0.298 e. The highest BCUT2D eigenvalue weighted by Crippen LogP contribution is 2.26. The van der Waals surface area contributed by atoms with Crippen LogP contribution in [0.15, 0.2) is 24.4 Å². The van der Waals surface area contributed by atoms with Crippen LogP contribution in [0.4, 0.5) is 4.39 Å².